The summed E-state index contributed by atoms with van der Waals surface area (Å²) in [6, 6.07) is 11.0. The maximum atomic E-state index is 13.5. The van der Waals surface area contributed by atoms with Gasteiger partial charge in [0, 0.05) is 40.2 Å². The zero-order chi connectivity index (χ0) is 20.4. The number of ether oxygens (including phenoxy) is 1. The van der Waals surface area contributed by atoms with Gasteiger partial charge in [-0.1, -0.05) is 0 Å². The molecule has 0 atom stereocenters. The van der Waals surface area contributed by atoms with E-state index in [0.717, 1.165) is 21.6 Å². The number of rotatable bonds is 4. The number of hydrogen-bond acceptors (Lipinski definition) is 6. The zero-order valence-electron chi connectivity index (χ0n) is 15.5. The summed E-state index contributed by atoms with van der Waals surface area (Å²) in [6.45, 7) is 1.56. The summed E-state index contributed by atoms with van der Waals surface area (Å²) in [5.41, 5.74) is 4.55. The predicted molar refractivity (Wildman–Crippen MR) is 109 cm³/mol. The number of nitrogens with zero attached hydrogens (tertiary/aromatic N) is 1. The molecule has 0 radical (unpaired) electrons. The molecule has 0 bridgehead atoms. The third kappa shape index (κ3) is 4.32. The quantitative estimate of drug-likeness (QED) is 0.523. The van der Waals surface area contributed by atoms with Crippen molar-refractivity contribution in [2.24, 2.45) is 5.10 Å². The Kier molecular flexibility index (Phi) is 5.35. The summed E-state index contributed by atoms with van der Waals surface area (Å²) in [7, 11) is 0. The highest BCUT2D eigenvalue weighted by Crippen LogP contribution is 2.30. The molecule has 148 valence electrons. The van der Waals surface area contributed by atoms with Gasteiger partial charge in [-0.05, 0) is 42.8 Å². The summed E-state index contributed by atoms with van der Waals surface area (Å²) in [4.78, 5) is 24.6. The second-order valence-corrected chi connectivity index (χ2v) is 7.66. The van der Waals surface area contributed by atoms with E-state index in [1.807, 2.05) is 6.92 Å². The van der Waals surface area contributed by atoms with Crippen molar-refractivity contribution in [2.75, 3.05) is 12.4 Å². The van der Waals surface area contributed by atoms with Crippen molar-refractivity contribution >= 4 is 34.3 Å². The average molecular weight is 412 g/mol. The van der Waals surface area contributed by atoms with Crippen LogP contribution in [0.1, 0.15) is 17.5 Å². The number of nitrogens with one attached hydrogen (secondary N) is 1. The minimum Gasteiger partial charge on any atom is -0.484 e. The van der Waals surface area contributed by atoms with Crippen LogP contribution in [0.5, 0.6) is 5.75 Å². The Balaban J connectivity index is 1.42. The van der Waals surface area contributed by atoms with Crippen LogP contribution in [0.25, 0.3) is 11.0 Å². The summed E-state index contributed by atoms with van der Waals surface area (Å²) in [5, 5.41) is 4.95. The monoisotopic (exact) mass is 412 g/mol. The van der Waals surface area contributed by atoms with Crippen molar-refractivity contribution in [3.63, 3.8) is 0 Å². The number of amides is 1. The molecule has 1 aromatic heterocycles. The molecule has 0 unspecified atom stereocenters. The van der Waals surface area contributed by atoms with E-state index in [-0.39, 0.29) is 12.4 Å². The molecule has 0 saturated heterocycles. The van der Waals surface area contributed by atoms with Crippen molar-refractivity contribution in [3.8, 4) is 5.75 Å². The van der Waals surface area contributed by atoms with Gasteiger partial charge in [0.15, 0.2) is 6.61 Å². The van der Waals surface area contributed by atoms with Gasteiger partial charge in [0.2, 0.25) is 0 Å². The maximum absolute atomic E-state index is 13.5. The molecule has 0 aliphatic carbocycles. The summed E-state index contributed by atoms with van der Waals surface area (Å²) >= 11 is 1.63. The SMILES string of the molecule is Cc1cc(=O)oc2cc(OCC(=O)N/N=C3/CCSc4ccc(F)cc43)ccc12. The first-order valence-electron chi connectivity index (χ1n) is 8.95. The number of aryl methyl sites for hydroxylation is 1. The van der Waals surface area contributed by atoms with Gasteiger partial charge in [0.05, 0.1) is 5.71 Å². The topological polar surface area (TPSA) is 80.9 Å². The van der Waals surface area contributed by atoms with Gasteiger partial charge in [-0.2, -0.15) is 5.10 Å². The number of carbonyl (C=O) groups excluding carboxylic acids is 1. The maximum Gasteiger partial charge on any atom is 0.336 e. The Labute approximate surface area is 169 Å². The van der Waals surface area contributed by atoms with Gasteiger partial charge >= 0.3 is 5.63 Å². The standard InChI is InChI=1S/C21H17FN2O4S/c1-12-8-21(26)28-18-10-14(3-4-15(12)18)27-11-20(25)24-23-17-6-7-29-19-5-2-13(22)9-16(17)19/h2-5,8-10H,6-7,11H2,1H3,(H,24,25)/b23-17-. The van der Waals surface area contributed by atoms with Crippen LogP contribution in [-0.2, 0) is 4.79 Å². The normalized spacial score (nSPS) is 14.6. The molecule has 4 rings (SSSR count). The van der Waals surface area contributed by atoms with Gasteiger partial charge in [-0.25, -0.2) is 14.6 Å². The van der Waals surface area contributed by atoms with E-state index in [1.165, 1.54) is 18.2 Å². The highest BCUT2D eigenvalue weighted by atomic mass is 32.2. The molecule has 0 saturated carbocycles. The lowest BCUT2D eigenvalue weighted by Gasteiger charge is -2.17. The molecule has 1 N–H and O–H groups in total. The predicted octanol–water partition coefficient (Wildman–Crippen LogP) is 3.64. The molecule has 2 heterocycles. The fourth-order valence-corrected chi connectivity index (χ4v) is 4.08. The first-order chi connectivity index (χ1) is 14.0. The molecule has 3 aromatic rings. The largest absolute Gasteiger partial charge is 0.484 e. The molecule has 0 spiro atoms. The van der Waals surface area contributed by atoms with Crippen LogP contribution in [0.3, 0.4) is 0 Å². The van der Waals surface area contributed by atoms with Crippen LogP contribution in [0, 0.1) is 12.7 Å². The van der Waals surface area contributed by atoms with Gasteiger partial charge < -0.3 is 9.15 Å². The van der Waals surface area contributed by atoms with E-state index in [9.17, 15) is 14.0 Å². The molecule has 0 fully saturated rings. The second kappa shape index (κ2) is 8.08. The fraction of sp³-hybridized carbons (Fsp3) is 0.190. The van der Waals surface area contributed by atoms with E-state index in [0.29, 0.717) is 29.0 Å². The lowest BCUT2D eigenvalue weighted by molar-refractivity contribution is -0.123. The van der Waals surface area contributed by atoms with Crippen LogP contribution >= 0.6 is 11.8 Å². The third-order valence-corrected chi connectivity index (χ3v) is 5.53. The van der Waals surface area contributed by atoms with E-state index in [1.54, 1.807) is 36.0 Å². The number of hydrogen-bond donors (Lipinski definition) is 1. The summed E-state index contributed by atoms with van der Waals surface area (Å²) in [6.07, 6.45) is 0.630. The second-order valence-electron chi connectivity index (χ2n) is 6.53. The minimum absolute atomic E-state index is 0.261. The Morgan fingerprint density at radius 1 is 1.28 bits per heavy atom. The zero-order valence-corrected chi connectivity index (χ0v) is 16.3. The van der Waals surface area contributed by atoms with Gasteiger partial charge in [-0.15, -0.1) is 11.8 Å². The highest BCUT2D eigenvalue weighted by molar-refractivity contribution is 7.99. The van der Waals surface area contributed by atoms with Crippen LogP contribution in [-0.4, -0.2) is 24.0 Å². The van der Waals surface area contributed by atoms with E-state index >= 15 is 0 Å². The first-order valence-corrected chi connectivity index (χ1v) is 9.93. The lowest BCUT2D eigenvalue weighted by Crippen LogP contribution is -2.26. The van der Waals surface area contributed by atoms with Crippen molar-refractivity contribution in [3.05, 3.63) is 69.8 Å². The van der Waals surface area contributed by atoms with Crippen LogP contribution < -0.4 is 15.8 Å². The van der Waals surface area contributed by atoms with Gasteiger partial charge in [0.25, 0.3) is 5.91 Å². The highest BCUT2D eigenvalue weighted by Gasteiger charge is 2.17. The Bertz CT molecular complexity index is 1190. The molecule has 6 nitrogen and oxygen atoms in total. The molecule has 29 heavy (non-hydrogen) atoms. The molecule has 8 heteroatoms. The fourth-order valence-electron chi connectivity index (χ4n) is 3.07. The van der Waals surface area contributed by atoms with Gasteiger partial charge in [-0.3, -0.25) is 4.79 Å². The molecule has 1 aliphatic rings. The number of thioether (sulfide) groups is 1. The van der Waals surface area contributed by atoms with E-state index in [2.05, 4.69) is 10.5 Å². The Morgan fingerprint density at radius 2 is 2.14 bits per heavy atom. The number of carbonyl (C=O) groups is 1. The Hall–Kier alpha value is -3.13. The van der Waals surface area contributed by atoms with E-state index in [4.69, 9.17) is 9.15 Å². The van der Waals surface area contributed by atoms with E-state index < -0.39 is 11.5 Å². The molecule has 1 aliphatic heterocycles. The van der Waals surface area contributed by atoms with Crippen LogP contribution in [0.4, 0.5) is 4.39 Å². The summed E-state index contributed by atoms with van der Waals surface area (Å²) in [5.74, 6) is 0.424. The molecular weight excluding hydrogens is 395 g/mol. The number of hydrazone groups is 1. The number of halogens is 1. The van der Waals surface area contributed by atoms with Crippen LogP contribution in [0.2, 0.25) is 0 Å². The smallest absolute Gasteiger partial charge is 0.336 e. The van der Waals surface area contributed by atoms with Crippen molar-refractivity contribution < 1.29 is 18.3 Å². The summed E-state index contributed by atoms with van der Waals surface area (Å²) < 4.78 is 24.2. The lowest BCUT2D eigenvalue weighted by atomic mass is 10.1. The van der Waals surface area contributed by atoms with Crippen molar-refractivity contribution in [2.45, 2.75) is 18.2 Å². The van der Waals surface area contributed by atoms with Gasteiger partial charge in [0.1, 0.15) is 17.1 Å². The van der Waals surface area contributed by atoms with Crippen LogP contribution in [0.15, 0.2) is 61.7 Å². The van der Waals surface area contributed by atoms with Crippen molar-refractivity contribution in [1.29, 1.82) is 0 Å². The number of fused-ring (bicyclic) bond motifs is 2. The Morgan fingerprint density at radius 3 is 3.00 bits per heavy atom. The molecule has 2 aromatic carbocycles. The average Bonchev–Trinajstić information content (AvgIpc) is 2.70. The minimum atomic E-state index is -0.445. The van der Waals surface area contributed by atoms with Crippen molar-refractivity contribution in [1.82, 2.24) is 5.43 Å². The first kappa shape index (κ1) is 19.2. The molecular formula is C21H17FN2O4S. The number of benzene rings is 2. The molecule has 1 amide bonds. The third-order valence-electron chi connectivity index (χ3n) is 4.46.